The molecule has 0 aromatic carbocycles. The molecule has 0 saturated heterocycles. The maximum Gasteiger partial charge on any atom is 0.0964 e. The summed E-state index contributed by atoms with van der Waals surface area (Å²) in [6.07, 6.45) is 3.16. The lowest BCUT2D eigenvalue weighted by molar-refractivity contribution is 0.147. The van der Waals surface area contributed by atoms with E-state index in [0.29, 0.717) is 0 Å². The average Bonchev–Trinajstić information content (AvgIpc) is 2.87. The van der Waals surface area contributed by atoms with Crippen molar-refractivity contribution in [3.05, 3.63) is 11.9 Å². The second kappa shape index (κ2) is 9.89. The van der Waals surface area contributed by atoms with Crippen LogP contribution in [-0.2, 0) is 17.8 Å². The van der Waals surface area contributed by atoms with Crippen molar-refractivity contribution < 1.29 is 4.74 Å². The molecular formula is C13H27N5O. The Morgan fingerprint density at radius 3 is 2.89 bits per heavy atom. The summed E-state index contributed by atoms with van der Waals surface area (Å²) in [5, 5.41) is 11.6. The molecule has 0 amide bonds. The zero-order valence-corrected chi connectivity index (χ0v) is 12.4. The number of ether oxygens (including phenoxy) is 1. The summed E-state index contributed by atoms with van der Waals surface area (Å²) in [6.45, 7) is 10.8. The van der Waals surface area contributed by atoms with Gasteiger partial charge in [-0.2, -0.15) is 0 Å². The van der Waals surface area contributed by atoms with Gasteiger partial charge in [0.1, 0.15) is 0 Å². The van der Waals surface area contributed by atoms with Crippen molar-refractivity contribution in [3.63, 3.8) is 0 Å². The summed E-state index contributed by atoms with van der Waals surface area (Å²) in [5.74, 6) is 0. The van der Waals surface area contributed by atoms with Gasteiger partial charge in [-0.05, 0) is 19.5 Å². The second-order valence-electron chi connectivity index (χ2n) is 4.58. The molecule has 1 N–H and O–H groups in total. The fourth-order valence-electron chi connectivity index (χ4n) is 1.81. The van der Waals surface area contributed by atoms with Gasteiger partial charge >= 0.3 is 0 Å². The highest BCUT2D eigenvalue weighted by atomic mass is 16.5. The summed E-state index contributed by atoms with van der Waals surface area (Å²) >= 11 is 0. The Morgan fingerprint density at radius 2 is 2.21 bits per heavy atom. The molecule has 19 heavy (non-hydrogen) atoms. The summed E-state index contributed by atoms with van der Waals surface area (Å²) in [4.78, 5) is 2.35. The number of hydrogen-bond acceptors (Lipinski definition) is 5. The van der Waals surface area contributed by atoms with Crippen LogP contribution in [-0.4, -0.2) is 59.8 Å². The predicted octanol–water partition coefficient (Wildman–Crippen LogP) is 0.746. The Labute approximate surface area is 116 Å². The minimum Gasteiger partial charge on any atom is -0.383 e. The molecule has 1 heterocycles. The molecule has 0 unspecified atom stereocenters. The Morgan fingerprint density at radius 1 is 1.37 bits per heavy atom. The Bertz CT molecular complexity index is 329. The van der Waals surface area contributed by atoms with E-state index < -0.39 is 0 Å². The molecule has 1 aromatic rings. The fourth-order valence-corrected chi connectivity index (χ4v) is 1.81. The number of rotatable bonds is 11. The molecule has 1 aromatic heterocycles. The number of hydrogen-bond donors (Lipinski definition) is 1. The predicted molar refractivity (Wildman–Crippen MR) is 76.0 cm³/mol. The molecule has 0 aliphatic carbocycles. The van der Waals surface area contributed by atoms with Gasteiger partial charge in [-0.15, -0.1) is 5.10 Å². The number of nitrogens with one attached hydrogen (secondary N) is 1. The Kier molecular flexibility index (Phi) is 8.36. The van der Waals surface area contributed by atoms with Crippen LogP contribution in [0.2, 0.25) is 0 Å². The SMILES string of the molecule is CCCNCc1cn(CCN(CC)CCOC)nn1. The van der Waals surface area contributed by atoms with Gasteiger partial charge in [-0.1, -0.05) is 19.1 Å². The molecule has 0 atom stereocenters. The lowest BCUT2D eigenvalue weighted by Crippen LogP contribution is -2.30. The van der Waals surface area contributed by atoms with Crippen molar-refractivity contribution in [1.29, 1.82) is 0 Å². The van der Waals surface area contributed by atoms with Crippen molar-refractivity contribution >= 4 is 0 Å². The van der Waals surface area contributed by atoms with Gasteiger partial charge in [-0.25, -0.2) is 0 Å². The van der Waals surface area contributed by atoms with Crippen LogP contribution < -0.4 is 5.32 Å². The maximum atomic E-state index is 5.10. The van der Waals surface area contributed by atoms with Gasteiger partial charge in [0.15, 0.2) is 0 Å². The summed E-state index contributed by atoms with van der Waals surface area (Å²) < 4.78 is 7.02. The van der Waals surface area contributed by atoms with Crippen LogP contribution in [0.3, 0.4) is 0 Å². The van der Waals surface area contributed by atoms with Crippen LogP contribution >= 0.6 is 0 Å². The van der Waals surface area contributed by atoms with Crippen molar-refractivity contribution in [2.75, 3.05) is 39.9 Å². The van der Waals surface area contributed by atoms with E-state index in [1.54, 1.807) is 7.11 Å². The third-order valence-electron chi connectivity index (χ3n) is 3.02. The second-order valence-corrected chi connectivity index (χ2v) is 4.58. The van der Waals surface area contributed by atoms with E-state index in [2.05, 4.69) is 34.4 Å². The largest absolute Gasteiger partial charge is 0.383 e. The van der Waals surface area contributed by atoms with Crippen LogP contribution in [0.25, 0.3) is 0 Å². The van der Waals surface area contributed by atoms with Crippen LogP contribution in [0.1, 0.15) is 26.0 Å². The van der Waals surface area contributed by atoms with Crippen molar-refractivity contribution in [1.82, 2.24) is 25.2 Å². The first-order valence-corrected chi connectivity index (χ1v) is 7.11. The molecule has 0 saturated carbocycles. The quantitative estimate of drug-likeness (QED) is 0.601. The van der Waals surface area contributed by atoms with Gasteiger partial charge in [-0.3, -0.25) is 9.58 Å². The van der Waals surface area contributed by atoms with E-state index in [4.69, 9.17) is 4.74 Å². The average molecular weight is 269 g/mol. The van der Waals surface area contributed by atoms with Gasteiger partial charge in [0.2, 0.25) is 0 Å². The monoisotopic (exact) mass is 269 g/mol. The lowest BCUT2D eigenvalue weighted by atomic mass is 10.4. The molecular weight excluding hydrogens is 242 g/mol. The first kappa shape index (κ1) is 16.1. The van der Waals surface area contributed by atoms with Crippen molar-refractivity contribution in [2.24, 2.45) is 0 Å². The van der Waals surface area contributed by atoms with Gasteiger partial charge in [0.25, 0.3) is 0 Å². The Balaban J connectivity index is 2.28. The maximum absolute atomic E-state index is 5.10. The summed E-state index contributed by atoms with van der Waals surface area (Å²) in [7, 11) is 1.74. The molecule has 0 aliphatic heterocycles. The first-order valence-electron chi connectivity index (χ1n) is 7.11. The summed E-state index contributed by atoms with van der Waals surface area (Å²) in [6, 6.07) is 0. The van der Waals surface area contributed by atoms with E-state index in [-0.39, 0.29) is 0 Å². The van der Waals surface area contributed by atoms with E-state index >= 15 is 0 Å². The van der Waals surface area contributed by atoms with Crippen LogP contribution in [0, 0.1) is 0 Å². The van der Waals surface area contributed by atoms with Gasteiger partial charge < -0.3 is 10.1 Å². The van der Waals surface area contributed by atoms with E-state index in [1.165, 1.54) is 0 Å². The highest BCUT2D eigenvalue weighted by Crippen LogP contribution is 1.95. The third-order valence-corrected chi connectivity index (χ3v) is 3.02. The standard InChI is InChI=1S/C13H27N5O/c1-4-6-14-11-13-12-18(16-15-13)8-7-17(5-2)9-10-19-3/h12,14H,4-11H2,1-3H3. The normalized spacial score (nSPS) is 11.4. The smallest absolute Gasteiger partial charge is 0.0964 e. The molecule has 0 fully saturated rings. The van der Waals surface area contributed by atoms with Gasteiger partial charge in [0.05, 0.1) is 18.8 Å². The number of aromatic nitrogens is 3. The summed E-state index contributed by atoms with van der Waals surface area (Å²) in [5.41, 5.74) is 1.01. The van der Waals surface area contributed by atoms with Gasteiger partial charge in [0, 0.05) is 32.9 Å². The minimum atomic E-state index is 0.775. The lowest BCUT2D eigenvalue weighted by Gasteiger charge is -2.19. The molecule has 6 nitrogen and oxygen atoms in total. The van der Waals surface area contributed by atoms with Crippen molar-refractivity contribution in [3.8, 4) is 0 Å². The minimum absolute atomic E-state index is 0.775. The number of likely N-dealkylation sites (N-methyl/N-ethyl adjacent to an activating group) is 1. The van der Waals surface area contributed by atoms with Crippen LogP contribution in [0.5, 0.6) is 0 Å². The third kappa shape index (κ3) is 6.66. The highest BCUT2D eigenvalue weighted by Gasteiger charge is 2.04. The molecule has 6 heteroatoms. The molecule has 0 bridgehead atoms. The number of methoxy groups -OCH3 is 1. The Hall–Kier alpha value is -0.980. The van der Waals surface area contributed by atoms with E-state index in [9.17, 15) is 0 Å². The van der Waals surface area contributed by atoms with E-state index in [1.807, 2.05) is 10.9 Å². The molecule has 110 valence electrons. The fraction of sp³-hybridized carbons (Fsp3) is 0.846. The van der Waals surface area contributed by atoms with Crippen molar-refractivity contribution in [2.45, 2.75) is 33.4 Å². The molecule has 0 radical (unpaired) electrons. The molecule has 0 spiro atoms. The zero-order chi connectivity index (χ0) is 13.9. The highest BCUT2D eigenvalue weighted by molar-refractivity contribution is 4.91. The zero-order valence-electron chi connectivity index (χ0n) is 12.4. The van der Waals surface area contributed by atoms with Crippen LogP contribution in [0.4, 0.5) is 0 Å². The van der Waals surface area contributed by atoms with E-state index in [0.717, 1.165) is 58.0 Å². The van der Waals surface area contributed by atoms with Crippen LogP contribution in [0.15, 0.2) is 6.20 Å². The molecule has 0 aliphatic rings. The topological polar surface area (TPSA) is 55.2 Å². The number of nitrogens with zero attached hydrogens (tertiary/aromatic N) is 4. The first-order chi connectivity index (χ1) is 9.30. The molecule has 1 rings (SSSR count).